The number of hydrogen-bond donors (Lipinski definition) is 2. The SMILES string of the molecule is COc1ccc([C@H]2C(=C(O)c3ccc(Cl)cc3)C(=O)C(=O)N2c2ccc(NC(C)=O)cc2)cc1OC. The van der Waals surface area contributed by atoms with Gasteiger partial charge in [0.25, 0.3) is 11.7 Å². The normalized spacial score (nSPS) is 16.7. The van der Waals surface area contributed by atoms with Crippen molar-refractivity contribution in [3.63, 3.8) is 0 Å². The number of anilines is 2. The second-order valence-corrected chi connectivity index (χ2v) is 8.45. The predicted octanol–water partition coefficient (Wildman–Crippen LogP) is 4.94. The maximum atomic E-state index is 13.3. The maximum absolute atomic E-state index is 13.3. The van der Waals surface area contributed by atoms with E-state index in [2.05, 4.69) is 5.32 Å². The van der Waals surface area contributed by atoms with Gasteiger partial charge in [0.2, 0.25) is 5.91 Å². The molecule has 0 bridgehead atoms. The minimum atomic E-state index is -0.966. The van der Waals surface area contributed by atoms with Gasteiger partial charge >= 0.3 is 0 Å². The molecule has 1 atom stereocenters. The molecule has 9 heteroatoms. The fraction of sp³-hybridized carbons (Fsp3) is 0.148. The Morgan fingerprint density at radius 2 is 1.58 bits per heavy atom. The Kier molecular flexibility index (Phi) is 6.98. The second kappa shape index (κ2) is 10.1. The van der Waals surface area contributed by atoms with Gasteiger partial charge < -0.3 is 19.9 Å². The molecule has 1 aliphatic rings. The van der Waals surface area contributed by atoms with Crippen LogP contribution in [-0.4, -0.2) is 36.9 Å². The lowest BCUT2D eigenvalue weighted by atomic mass is 9.94. The van der Waals surface area contributed by atoms with Gasteiger partial charge in [-0.3, -0.25) is 19.3 Å². The predicted molar refractivity (Wildman–Crippen MR) is 137 cm³/mol. The molecule has 4 rings (SSSR count). The zero-order valence-electron chi connectivity index (χ0n) is 19.7. The Bertz CT molecular complexity index is 1370. The van der Waals surface area contributed by atoms with E-state index in [4.69, 9.17) is 21.1 Å². The molecule has 0 aromatic heterocycles. The average molecular weight is 507 g/mol. The van der Waals surface area contributed by atoms with E-state index in [1.54, 1.807) is 66.7 Å². The third-order valence-corrected chi connectivity index (χ3v) is 6.00. The number of aliphatic hydroxyl groups is 1. The van der Waals surface area contributed by atoms with Crippen molar-refractivity contribution in [2.75, 3.05) is 24.4 Å². The first kappa shape index (κ1) is 24.8. The summed E-state index contributed by atoms with van der Waals surface area (Å²) >= 11 is 5.98. The summed E-state index contributed by atoms with van der Waals surface area (Å²) in [6.45, 7) is 1.39. The molecule has 3 aromatic carbocycles. The van der Waals surface area contributed by atoms with Crippen molar-refractivity contribution < 1.29 is 29.0 Å². The fourth-order valence-corrected chi connectivity index (χ4v) is 4.24. The number of carbonyl (C=O) groups excluding carboxylic acids is 3. The number of hydrogen-bond acceptors (Lipinski definition) is 6. The monoisotopic (exact) mass is 506 g/mol. The topological polar surface area (TPSA) is 105 Å². The molecule has 1 aliphatic heterocycles. The summed E-state index contributed by atoms with van der Waals surface area (Å²) in [4.78, 5) is 39.3. The molecule has 1 saturated heterocycles. The van der Waals surface area contributed by atoms with Crippen LogP contribution in [0, 0.1) is 0 Å². The Labute approximate surface area is 212 Å². The highest BCUT2D eigenvalue weighted by atomic mass is 35.5. The number of nitrogens with one attached hydrogen (secondary N) is 1. The van der Waals surface area contributed by atoms with Crippen molar-refractivity contribution in [2.24, 2.45) is 0 Å². The molecule has 0 radical (unpaired) electrons. The van der Waals surface area contributed by atoms with Crippen LogP contribution in [0.1, 0.15) is 24.1 Å². The Morgan fingerprint density at radius 1 is 0.944 bits per heavy atom. The Balaban J connectivity index is 1.91. The van der Waals surface area contributed by atoms with E-state index in [0.29, 0.717) is 39.0 Å². The number of rotatable bonds is 6. The summed E-state index contributed by atoms with van der Waals surface area (Å²) in [7, 11) is 2.98. The van der Waals surface area contributed by atoms with Gasteiger partial charge in [0.1, 0.15) is 5.76 Å². The number of aliphatic hydroxyl groups excluding tert-OH is 1. The molecule has 2 amide bonds. The average Bonchev–Trinajstić information content (AvgIpc) is 3.14. The van der Waals surface area contributed by atoms with Gasteiger partial charge in [0.05, 0.1) is 25.8 Å². The van der Waals surface area contributed by atoms with Crippen molar-refractivity contribution in [1.29, 1.82) is 0 Å². The second-order valence-electron chi connectivity index (χ2n) is 8.02. The maximum Gasteiger partial charge on any atom is 0.300 e. The minimum Gasteiger partial charge on any atom is -0.507 e. The molecule has 8 nitrogen and oxygen atoms in total. The van der Waals surface area contributed by atoms with E-state index >= 15 is 0 Å². The number of ketones is 1. The van der Waals surface area contributed by atoms with E-state index in [-0.39, 0.29) is 17.2 Å². The van der Waals surface area contributed by atoms with E-state index < -0.39 is 17.7 Å². The third-order valence-electron chi connectivity index (χ3n) is 5.75. The minimum absolute atomic E-state index is 0.0829. The van der Waals surface area contributed by atoms with E-state index in [1.165, 1.54) is 26.0 Å². The summed E-state index contributed by atoms with van der Waals surface area (Å²) in [5, 5.41) is 14.3. The largest absolute Gasteiger partial charge is 0.507 e. The van der Waals surface area contributed by atoms with Crippen LogP contribution < -0.4 is 19.7 Å². The number of nitrogens with zero attached hydrogens (tertiary/aromatic N) is 1. The molecule has 2 N–H and O–H groups in total. The number of amides is 2. The highest BCUT2D eigenvalue weighted by Gasteiger charge is 2.47. The van der Waals surface area contributed by atoms with Crippen molar-refractivity contribution in [3.05, 3.63) is 88.5 Å². The van der Waals surface area contributed by atoms with Crippen LogP contribution in [0.2, 0.25) is 5.02 Å². The number of ether oxygens (including phenoxy) is 2. The fourth-order valence-electron chi connectivity index (χ4n) is 4.11. The molecule has 0 aliphatic carbocycles. The highest BCUT2D eigenvalue weighted by Crippen LogP contribution is 2.44. The van der Waals surface area contributed by atoms with Crippen LogP contribution in [0.3, 0.4) is 0 Å². The number of benzene rings is 3. The Hall–Kier alpha value is -4.30. The van der Waals surface area contributed by atoms with Crippen LogP contribution in [0.5, 0.6) is 11.5 Å². The van der Waals surface area contributed by atoms with Crippen LogP contribution in [-0.2, 0) is 14.4 Å². The summed E-state index contributed by atoms with van der Waals surface area (Å²) in [6.07, 6.45) is 0. The van der Waals surface area contributed by atoms with Crippen molar-refractivity contribution in [3.8, 4) is 11.5 Å². The lowest BCUT2D eigenvalue weighted by molar-refractivity contribution is -0.132. The summed E-state index contributed by atoms with van der Waals surface area (Å²) in [6, 6.07) is 16.8. The molecule has 0 unspecified atom stereocenters. The lowest BCUT2D eigenvalue weighted by Gasteiger charge is -2.26. The quantitative estimate of drug-likeness (QED) is 0.279. The summed E-state index contributed by atoms with van der Waals surface area (Å²) in [5.41, 5.74) is 1.71. The molecule has 1 heterocycles. The number of halogens is 1. The molecular weight excluding hydrogens is 484 g/mol. The van der Waals surface area contributed by atoms with Crippen molar-refractivity contribution in [2.45, 2.75) is 13.0 Å². The first-order valence-corrected chi connectivity index (χ1v) is 11.3. The highest BCUT2D eigenvalue weighted by molar-refractivity contribution is 6.51. The van der Waals surface area contributed by atoms with E-state index in [0.717, 1.165) is 0 Å². The molecule has 1 fully saturated rings. The first-order chi connectivity index (χ1) is 17.2. The van der Waals surface area contributed by atoms with Gasteiger partial charge in [-0.25, -0.2) is 0 Å². The van der Waals surface area contributed by atoms with E-state index in [9.17, 15) is 19.5 Å². The van der Waals surface area contributed by atoms with Crippen LogP contribution in [0.4, 0.5) is 11.4 Å². The molecule has 36 heavy (non-hydrogen) atoms. The van der Waals surface area contributed by atoms with Crippen LogP contribution in [0.15, 0.2) is 72.3 Å². The molecule has 3 aromatic rings. The zero-order chi connectivity index (χ0) is 26.0. The molecule has 184 valence electrons. The van der Waals surface area contributed by atoms with Gasteiger partial charge in [-0.2, -0.15) is 0 Å². The molecular formula is C27H23ClN2O6. The molecule has 0 saturated carbocycles. The third kappa shape index (κ3) is 4.63. The van der Waals surface area contributed by atoms with Gasteiger partial charge in [0, 0.05) is 28.9 Å². The summed E-state index contributed by atoms with van der Waals surface area (Å²) < 4.78 is 10.8. The number of methoxy groups -OCH3 is 2. The smallest absolute Gasteiger partial charge is 0.300 e. The van der Waals surface area contributed by atoms with Crippen LogP contribution >= 0.6 is 11.6 Å². The van der Waals surface area contributed by atoms with E-state index in [1.807, 2.05) is 0 Å². The standard InChI is InChI=1S/C27H23ClN2O6/c1-15(31)29-19-9-11-20(12-10-19)30-24(17-6-13-21(35-2)22(14-17)36-3)23(26(33)27(30)34)25(32)16-4-7-18(28)8-5-16/h4-14,24,32H,1-3H3,(H,29,31)/t24-/m0/s1. The van der Waals surface area contributed by atoms with Gasteiger partial charge in [-0.1, -0.05) is 17.7 Å². The van der Waals surface area contributed by atoms with Gasteiger partial charge in [-0.15, -0.1) is 0 Å². The van der Waals surface area contributed by atoms with Crippen molar-refractivity contribution in [1.82, 2.24) is 0 Å². The molecule has 0 spiro atoms. The summed E-state index contributed by atoms with van der Waals surface area (Å²) in [5.74, 6) is -1.35. The van der Waals surface area contributed by atoms with Crippen molar-refractivity contribution >= 4 is 46.3 Å². The lowest BCUT2D eigenvalue weighted by Crippen LogP contribution is -2.29. The van der Waals surface area contributed by atoms with Gasteiger partial charge in [-0.05, 0) is 66.2 Å². The zero-order valence-corrected chi connectivity index (χ0v) is 20.5. The number of carbonyl (C=O) groups is 3. The van der Waals surface area contributed by atoms with Crippen LogP contribution in [0.25, 0.3) is 5.76 Å². The first-order valence-electron chi connectivity index (χ1n) is 10.9. The number of Topliss-reactive ketones (excluding diaryl/α,β-unsaturated/α-hetero) is 1. The van der Waals surface area contributed by atoms with Gasteiger partial charge in [0.15, 0.2) is 11.5 Å². The Morgan fingerprint density at radius 3 is 2.17 bits per heavy atom.